The molecule has 1 rings (SSSR count). The van der Waals surface area contributed by atoms with Gasteiger partial charge >= 0.3 is 30.0 Å². The topological polar surface area (TPSA) is 153 Å². The molecule has 0 bridgehead atoms. The summed E-state index contributed by atoms with van der Waals surface area (Å²) >= 11 is 0. The highest BCUT2D eigenvalue weighted by molar-refractivity contribution is 5.70. The third kappa shape index (κ3) is 9.20. The Balaban J connectivity index is 3.34. The Morgan fingerprint density at radius 3 is 1.77 bits per heavy atom. The molecular formula is C19H29NO11. The fourth-order valence-corrected chi connectivity index (χ4v) is 2.76. The maximum absolute atomic E-state index is 12.4. The van der Waals surface area contributed by atoms with E-state index in [0.717, 1.165) is 27.7 Å². The first kappa shape index (κ1) is 26.1. The predicted octanol–water partition coefficient (Wildman–Crippen LogP) is 0.594. The molecule has 1 heterocycles. The molecule has 1 amide bonds. The third-order valence-corrected chi connectivity index (χ3v) is 3.67. The van der Waals surface area contributed by atoms with Crippen molar-refractivity contribution in [2.24, 2.45) is 0 Å². The van der Waals surface area contributed by atoms with Gasteiger partial charge in [0.1, 0.15) is 24.4 Å². The minimum atomic E-state index is -1.47. The molecule has 176 valence electrons. The molecule has 0 aromatic carbocycles. The van der Waals surface area contributed by atoms with Gasteiger partial charge in [-0.25, -0.2) is 4.79 Å². The molecule has 0 aromatic heterocycles. The molecule has 0 radical (unpaired) electrons. The molecule has 12 nitrogen and oxygen atoms in total. The zero-order valence-corrected chi connectivity index (χ0v) is 18.6. The van der Waals surface area contributed by atoms with E-state index < -0.39 is 72.8 Å². The van der Waals surface area contributed by atoms with Gasteiger partial charge in [0.25, 0.3) is 0 Å². The summed E-state index contributed by atoms with van der Waals surface area (Å²) in [5.41, 5.74) is -0.861. The summed E-state index contributed by atoms with van der Waals surface area (Å²) in [6.07, 6.45) is -6.21. The second kappa shape index (κ2) is 10.9. The second-order valence-electron chi connectivity index (χ2n) is 7.78. The molecule has 2 unspecified atom stereocenters. The molecule has 1 saturated heterocycles. The highest BCUT2D eigenvalue weighted by Gasteiger charge is 2.52. The lowest BCUT2D eigenvalue weighted by Crippen LogP contribution is -2.67. The lowest BCUT2D eigenvalue weighted by Gasteiger charge is -2.44. The van der Waals surface area contributed by atoms with E-state index in [1.165, 1.54) is 0 Å². The van der Waals surface area contributed by atoms with E-state index in [2.05, 4.69) is 5.32 Å². The van der Waals surface area contributed by atoms with Crippen LogP contribution in [0.4, 0.5) is 4.79 Å². The summed E-state index contributed by atoms with van der Waals surface area (Å²) in [4.78, 5) is 58.7. The molecule has 5 atom stereocenters. The van der Waals surface area contributed by atoms with Gasteiger partial charge in [-0.1, -0.05) is 0 Å². The van der Waals surface area contributed by atoms with Gasteiger partial charge in [0.15, 0.2) is 12.2 Å². The van der Waals surface area contributed by atoms with E-state index in [1.54, 1.807) is 20.8 Å². The minimum Gasteiger partial charge on any atom is -0.463 e. The number of esters is 4. The second-order valence-corrected chi connectivity index (χ2v) is 7.78. The van der Waals surface area contributed by atoms with Crippen LogP contribution in [0.25, 0.3) is 0 Å². The highest BCUT2D eigenvalue weighted by atomic mass is 16.7. The van der Waals surface area contributed by atoms with Gasteiger partial charge in [0.05, 0.1) is 0 Å². The Morgan fingerprint density at radius 1 is 0.806 bits per heavy atom. The Morgan fingerprint density at radius 2 is 1.32 bits per heavy atom. The average molecular weight is 447 g/mol. The highest BCUT2D eigenvalue weighted by Crippen LogP contribution is 2.28. The van der Waals surface area contributed by atoms with Crippen LogP contribution in [0.2, 0.25) is 0 Å². The standard InChI is InChI=1S/C19H29NO11/c1-9(21)26-8-13-15(27-10(2)22)16(28-11(3)23)14(17(30-13)29-12(4)24)20-18(25)31-19(5,6)7/h13-17H,8H2,1-7H3,(H,20,25)/t13?,14?,15-,16-,17+/m1/s1. The number of rotatable bonds is 6. The molecule has 0 saturated carbocycles. The van der Waals surface area contributed by atoms with Crippen LogP contribution in [-0.2, 0) is 47.6 Å². The number of nitrogens with one attached hydrogen (secondary N) is 1. The van der Waals surface area contributed by atoms with Crippen LogP contribution in [0.3, 0.4) is 0 Å². The average Bonchev–Trinajstić information content (AvgIpc) is 2.55. The van der Waals surface area contributed by atoms with Crippen LogP contribution in [0, 0.1) is 0 Å². The Kier molecular flexibility index (Phi) is 9.22. The molecule has 12 heteroatoms. The largest absolute Gasteiger partial charge is 0.463 e. The number of carbonyl (C=O) groups is 5. The van der Waals surface area contributed by atoms with Crippen LogP contribution in [-0.4, -0.2) is 72.8 Å². The van der Waals surface area contributed by atoms with Crippen molar-refractivity contribution in [1.82, 2.24) is 5.32 Å². The lowest BCUT2D eigenvalue weighted by molar-refractivity contribution is -0.270. The minimum absolute atomic E-state index is 0.401. The normalized spacial score (nSPS) is 25.6. The molecule has 1 aliphatic rings. The maximum Gasteiger partial charge on any atom is 0.408 e. The predicted molar refractivity (Wildman–Crippen MR) is 101 cm³/mol. The van der Waals surface area contributed by atoms with Crippen molar-refractivity contribution in [3.05, 3.63) is 0 Å². The number of alkyl carbamates (subject to hydrolysis) is 1. The van der Waals surface area contributed by atoms with E-state index in [4.69, 9.17) is 28.4 Å². The zero-order valence-electron chi connectivity index (χ0n) is 18.6. The first-order valence-electron chi connectivity index (χ1n) is 9.49. The third-order valence-electron chi connectivity index (χ3n) is 3.67. The van der Waals surface area contributed by atoms with Crippen LogP contribution in [0.1, 0.15) is 48.5 Å². The summed E-state index contributed by atoms with van der Waals surface area (Å²) in [6, 6.07) is -1.31. The Labute approximate surface area is 179 Å². The fourth-order valence-electron chi connectivity index (χ4n) is 2.76. The molecule has 1 N–H and O–H groups in total. The maximum atomic E-state index is 12.4. The number of amides is 1. The zero-order chi connectivity index (χ0) is 23.9. The van der Waals surface area contributed by atoms with Crippen molar-refractivity contribution in [3.63, 3.8) is 0 Å². The molecule has 0 spiro atoms. The first-order chi connectivity index (χ1) is 14.2. The van der Waals surface area contributed by atoms with E-state index in [0.29, 0.717) is 0 Å². The van der Waals surface area contributed by atoms with Gasteiger partial charge in [0, 0.05) is 27.7 Å². The van der Waals surface area contributed by atoms with E-state index in [1.807, 2.05) is 0 Å². The lowest BCUT2D eigenvalue weighted by atomic mass is 9.96. The van der Waals surface area contributed by atoms with Gasteiger partial charge in [-0.05, 0) is 20.8 Å². The van der Waals surface area contributed by atoms with Crippen molar-refractivity contribution < 1.29 is 52.4 Å². The number of carbonyl (C=O) groups excluding carboxylic acids is 5. The van der Waals surface area contributed by atoms with E-state index in [9.17, 15) is 24.0 Å². The van der Waals surface area contributed by atoms with Gasteiger partial charge in [-0.15, -0.1) is 0 Å². The SMILES string of the molecule is CC(=O)OCC1O[C@H](OC(C)=O)C(NC(=O)OC(C)(C)C)[C@@H](OC(C)=O)[C@@H]1OC(C)=O. The van der Waals surface area contributed by atoms with Crippen molar-refractivity contribution in [1.29, 1.82) is 0 Å². The molecule has 1 fully saturated rings. The van der Waals surface area contributed by atoms with Crippen molar-refractivity contribution >= 4 is 30.0 Å². The van der Waals surface area contributed by atoms with Gasteiger partial charge in [-0.2, -0.15) is 0 Å². The smallest absolute Gasteiger partial charge is 0.408 e. The van der Waals surface area contributed by atoms with Crippen LogP contribution in [0.5, 0.6) is 0 Å². The Hall–Kier alpha value is -2.89. The summed E-state index contributed by atoms with van der Waals surface area (Å²) < 4.78 is 31.5. The number of hydrogen-bond acceptors (Lipinski definition) is 11. The summed E-state index contributed by atoms with van der Waals surface area (Å²) in [6.45, 7) is 8.98. The van der Waals surface area contributed by atoms with Crippen LogP contribution >= 0.6 is 0 Å². The molecule has 0 aliphatic carbocycles. The molecular weight excluding hydrogens is 418 g/mol. The number of ether oxygens (including phenoxy) is 6. The van der Waals surface area contributed by atoms with E-state index in [-0.39, 0.29) is 0 Å². The molecule has 1 aliphatic heterocycles. The van der Waals surface area contributed by atoms with E-state index >= 15 is 0 Å². The van der Waals surface area contributed by atoms with Gasteiger partial charge in [-0.3, -0.25) is 19.2 Å². The van der Waals surface area contributed by atoms with Crippen molar-refractivity contribution in [2.75, 3.05) is 6.61 Å². The Bertz CT molecular complexity index is 699. The molecule has 31 heavy (non-hydrogen) atoms. The quantitative estimate of drug-likeness (QED) is 0.450. The summed E-state index contributed by atoms with van der Waals surface area (Å²) in [5, 5.41) is 2.44. The fraction of sp³-hybridized carbons (Fsp3) is 0.737. The summed E-state index contributed by atoms with van der Waals surface area (Å²) in [7, 11) is 0. The first-order valence-corrected chi connectivity index (χ1v) is 9.49. The summed E-state index contributed by atoms with van der Waals surface area (Å²) in [5.74, 6) is -2.93. The van der Waals surface area contributed by atoms with Crippen LogP contribution < -0.4 is 5.32 Å². The van der Waals surface area contributed by atoms with Gasteiger partial charge in [0.2, 0.25) is 6.29 Å². The van der Waals surface area contributed by atoms with Crippen molar-refractivity contribution in [2.45, 2.75) is 84.7 Å². The van der Waals surface area contributed by atoms with Gasteiger partial charge < -0.3 is 33.7 Å². The van der Waals surface area contributed by atoms with Crippen LogP contribution in [0.15, 0.2) is 0 Å². The number of hydrogen-bond donors (Lipinski definition) is 1. The van der Waals surface area contributed by atoms with Crippen molar-refractivity contribution in [3.8, 4) is 0 Å². The monoisotopic (exact) mass is 447 g/mol. The molecule has 0 aromatic rings.